The van der Waals surface area contributed by atoms with E-state index >= 15 is 0 Å². The molecule has 1 aromatic rings. The first-order valence-electron chi connectivity index (χ1n) is 5.86. The Kier molecular flexibility index (Phi) is 5.51. The first-order valence-corrected chi connectivity index (χ1v) is 7.84. The number of aromatic hydroxyl groups is 1. The molecule has 0 bridgehead atoms. The van der Waals surface area contributed by atoms with Crippen molar-refractivity contribution < 1.29 is 14.6 Å². The van der Waals surface area contributed by atoms with Crippen molar-refractivity contribution in [1.29, 1.82) is 0 Å². The van der Waals surface area contributed by atoms with Crippen molar-refractivity contribution in [3.63, 3.8) is 0 Å². The molecular weight excluding hydrogens is 353 g/mol. The van der Waals surface area contributed by atoms with Crippen LogP contribution < -0.4 is 0 Å². The van der Waals surface area contributed by atoms with Crippen LogP contribution in [-0.2, 0) is 9.53 Å². The van der Waals surface area contributed by atoms with Gasteiger partial charge in [-0.3, -0.25) is 9.69 Å². The Morgan fingerprint density at radius 1 is 1.48 bits per heavy atom. The molecule has 0 aromatic heterocycles. The number of hydrogen-bond donors (Lipinski definition) is 1. The van der Waals surface area contributed by atoms with Gasteiger partial charge in [0.1, 0.15) is 10.1 Å². The van der Waals surface area contributed by atoms with Gasteiger partial charge in [-0.15, -0.1) is 0 Å². The molecule has 0 atom stereocenters. The predicted molar refractivity (Wildman–Crippen MR) is 89.9 cm³/mol. The molecule has 1 aliphatic rings. The summed E-state index contributed by atoms with van der Waals surface area (Å²) in [5, 5.41) is 10.4. The number of rotatable bonds is 4. The second-order valence-electron chi connectivity index (χ2n) is 4.15. The summed E-state index contributed by atoms with van der Waals surface area (Å²) in [6.07, 6.45) is 1.53. The predicted octanol–water partition coefficient (Wildman–Crippen LogP) is 3.55. The largest absolute Gasteiger partial charge is 0.506 e. The van der Waals surface area contributed by atoms with Crippen LogP contribution in [0.15, 0.2) is 17.0 Å². The topological polar surface area (TPSA) is 49.8 Å². The van der Waals surface area contributed by atoms with E-state index in [0.717, 1.165) is 11.8 Å². The van der Waals surface area contributed by atoms with Crippen LogP contribution in [0.4, 0.5) is 0 Å². The van der Waals surface area contributed by atoms with Gasteiger partial charge in [-0.05, 0) is 18.2 Å². The molecule has 1 aromatic carbocycles. The van der Waals surface area contributed by atoms with Gasteiger partial charge >= 0.3 is 0 Å². The fraction of sp³-hybridized carbons (Fsp3) is 0.231. The zero-order chi connectivity index (χ0) is 15.6. The van der Waals surface area contributed by atoms with Crippen LogP contribution in [0.25, 0.3) is 6.08 Å². The van der Waals surface area contributed by atoms with Crippen molar-refractivity contribution in [2.75, 3.05) is 20.3 Å². The summed E-state index contributed by atoms with van der Waals surface area (Å²) < 4.78 is 5.40. The monoisotopic (exact) mass is 363 g/mol. The molecular formula is C13H11Cl2NO3S2. The van der Waals surface area contributed by atoms with E-state index in [1.165, 1.54) is 23.1 Å². The van der Waals surface area contributed by atoms with E-state index in [-0.39, 0.29) is 16.7 Å². The fourth-order valence-electron chi connectivity index (χ4n) is 1.71. The molecule has 1 aliphatic heterocycles. The molecule has 8 heteroatoms. The molecule has 1 fully saturated rings. The van der Waals surface area contributed by atoms with Crippen molar-refractivity contribution in [1.82, 2.24) is 4.90 Å². The molecule has 1 amide bonds. The second-order valence-corrected chi connectivity index (χ2v) is 6.67. The zero-order valence-corrected chi connectivity index (χ0v) is 14.1. The van der Waals surface area contributed by atoms with E-state index in [1.54, 1.807) is 7.11 Å². The van der Waals surface area contributed by atoms with Gasteiger partial charge in [0.2, 0.25) is 0 Å². The van der Waals surface area contributed by atoms with Gasteiger partial charge < -0.3 is 9.84 Å². The van der Waals surface area contributed by atoms with Crippen molar-refractivity contribution in [3.8, 4) is 5.75 Å². The minimum absolute atomic E-state index is 0.122. The lowest BCUT2D eigenvalue weighted by Gasteiger charge is -2.13. The van der Waals surface area contributed by atoms with Crippen molar-refractivity contribution in [3.05, 3.63) is 32.6 Å². The molecule has 1 N–H and O–H groups in total. The van der Waals surface area contributed by atoms with E-state index < -0.39 is 0 Å². The lowest BCUT2D eigenvalue weighted by molar-refractivity contribution is -0.122. The molecule has 0 aliphatic carbocycles. The van der Waals surface area contributed by atoms with Crippen LogP contribution in [0.5, 0.6) is 5.75 Å². The first kappa shape index (κ1) is 16.6. The number of nitrogens with zero attached hydrogens (tertiary/aromatic N) is 1. The smallest absolute Gasteiger partial charge is 0.266 e. The number of amides is 1. The van der Waals surface area contributed by atoms with Crippen LogP contribution in [0.1, 0.15) is 5.56 Å². The van der Waals surface area contributed by atoms with E-state index in [1.807, 2.05) is 0 Å². The van der Waals surface area contributed by atoms with E-state index in [9.17, 15) is 9.90 Å². The van der Waals surface area contributed by atoms with Crippen molar-refractivity contribution in [2.45, 2.75) is 0 Å². The third-order valence-corrected chi connectivity index (χ3v) is 4.62. The Balaban J connectivity index is 2.31. The average molecular weight is 364 g/mol. The summed E-state index contributed by atoms with van der Waals surface area (Å²) in [7, 11) is 1.56. The molecule has 1 heterocycles. The van der Waals surface area contributed by atoms with Crippen LogP contribution in [0.2, 0.25) is 10.0 Å². The van der Waals surface area contributed by atoms with E-state index in [2.05, 4.69) is 0 Å². The van der Waals surface area contributed by atoms with Gasteiger partial charge in [0.05, 0.1) is 23.1 Å². The molecule has 0 unspecified atom stereocenters. The highest BCUT2D eigenvalue weighted by Gasteiger charge is 2.31. The Morgan fingerprint density at radius 3 is 2.86 bits per heavy atom. The highest BCUT2D eigenvalue weighted by Crippen LogP contribution is 2.37. The standard InChI is InChI=1S/C13H11Cl2NO3S2/c1-19-3-2-16-12(18)10(21-13(16)20)5-7-4-8(14)6-9(15)11(7)17/h4-6,17H,2-3H2,1H3/b10-5-. The number of ether oxygens (including phenoxy) is 1. The average Bonchev–Trinajstić information content (AvgIpc) is 2.68. The maximum atomic E-state index is 12.3. The third-order valence-electron chi connectivity index (χ3n) is 2.74. The lowest BCUT2D eigenvalue weighted by atomic mass is 10.2. The number of halogens is 2. The van der Waals surface area contributed by atoms with Gasteiger partial charge in [-0.1, -0.05) is 47.2 Å². The van der Waals surface area contributed by atoms with Crippen LogP contribution in [0.3, 0.4) is 0 Å². The number of methoxy groups -OCH3 is 1. The minimum Gasteiger partial charge on any atom is -0.506 e. The molecule has 4 nitrogen and oxygen atoms in total. The third kappa shape index (κ3) is 3.70. The normalized spacial score (nSPS) is 17.1. The molecule has 2 rings (SSSR count). The number of phenolic OH excluding ortho intramolecular Hbond substituents is 1. The molecule has 0 spiro atoms. The summed E-state index contributed by atoms with van der Waals surface area (Å²) in [6.45, 7) is 0.786. The van der Waals surface area contributed by atoms with Gasteiger partial charge in [0.25, 0.3) is 5.91 Å². The number of thioether (sulfide) groups is 1. The Bertz CT molecular complexity index is 634. The highest BCUT2D eigenvalue weighted by atomic mass is 35.5. The molecule has 21 heavy (non-hydrogen) atoms. The first-order chi connectivity index (χ1) is 9.93. The summed E-state index contributed by atoms with van der Waals surface area (Å²) >= 11 is 18.1. The Hall–Kier alpha value is -0.790. The Labute approximate surface area is 141 Å². The number of hydrogen-bond acceptors (Lipinski definition) is 5. The number of carbonyl (C=O) groups excluding carboxylic acids is 1. The van der Waals surface area contributed by atoms with Gasteiger partial charge in [-0.2, -0.15) is 0 Å². The second kappa shape index (κ2) is 6.98. The van der Waals surface area contributed by atoms with Gasteiger partial charge in [0.15, 0.2) is 0 Å². The summed E-state index contributed by atoms with van der Waals surface area (Å²) in [6, 6.07) is 2.96. The zero-order valence-electron chi connectivity index (χ0n) is 10.9. The number of carbonyl (C=O) groups is 1. The maximum Gasteiger partial charge on any atom is 0.266 e. The number of phenols is 1. The summed E-state index contributed by atoms with van der Waals surface area (Å²) in [5.74, 6) is -0.347. The summed E-state index contributed by atoms with van der Waals surface area (Å²) in [5.41, 5.74) is 0.375. The fourth-order valence-corrected chi connectivity index (χ4v) is 3.52. The molecule has 1 saturated heterocycles. The van der Waals surface area contributed by atoms with Crippen LogP contribution in [-0.4, -0.2) is 40.5 Å². The SMILES string of the molecule is COCCN1C(=O)/C(=C/c2cc(Cl)cc(Cl)c2O)SC1=S. The number of thiocarbonyl (C=S) groups is 1. The van der Waals surface area contributed by atoms with Gasteiger partial charge in [0, 0.05) is 17.7 Å². The van der Waals surface area contributed by atoms with Crippen molar-refractivity contribution >= 4 is 63.5 Å². The van der Waals surface area contributed by atoms with Crippen LogP contribution >= 0.6 is 47.2 Å². The molecule has 0 radical (unpaired) electrons. The Morgan fingerprint density at radius 2 is 2.19 bits per heavy atom. The van der Waals surface area contributed by atoms with Crippen molar-refractivity contribution in [2.24, 2.45) is 0 Å². The summed E-state index contributed by atoms with van der Waals surface area (Å²) in [4.78, 5) is 14.1. The quantitative estimate of drug-likeness (QED) is 0.654. The number of benzene rings is 1. The van der Waals surface area contributed by atoms with Gasteiger partial charge in [-0.25, -0.2) is 0 Å². The minimum atomic E-state index is -0.224. The van der Waals surface area contributed by atoms with E-state index in [4.69, 9.17) is 40.2 Å². The van der Waals surface area contributed by atoms with E-state index in [0.29, 0.717) is 33.0 Å². The lowest BCUT2D eigenvalue weighted by Crippen LogP contribution is -2.31. The molecule has 112 valence electrons. The van der Waals surface area contributed by atoms with Crippen LogP contribution in [0, 0.1) is 0 Å². The maximum absolute atomic E-state index is 12.3. The highest BCUT2D eigenvalue weighted by molar-refractivity contribution is 8.26. The molecule has 0 saturated carbocycles.